The molecular weight excluding hydrogens is 494 g/mol. The molecule has 0 aromatic rings. The van der Waals surface area contributed by atoms with Gasteiger partial charge in [-0.25, -0.2) is 0 Å². The highest BCUT2D eigenvalue weighted by molar-refractivity contribution is 7.52. The van der Waals surface area contributed by atoms with Gasteiger partial charge in [0.25, 0.3) is 0 Å². The Morgan fingerprint density at radius 2 is 0.763 bits per heavy atom. The first-order valence-corrected chi connectivity index (χ1v) is 18.9. The smallest absolute Gasteiger partial charge is 0.324 e. The van der Waals surface area contributed by atoms with E-state index in [2.05, 4.69) is 6.92 Å². The molecule has 1 unspecified atom stereocenters. The second-order valence-electron chi connectivity index (χ2n) is 11.8. The second-order valence-corrected chi connectivity index (χ2v) is 13.8. The molecule has 0 aliphatic carbocycles. The summed E-state index contributed by atoms with van der Waals surface area (Å²) in [5.41, 5.74) is 0. The van der Waals surface area contributed by atoms with E-state index in [1.807, 2.05) is 0 Å². The summed E-state index contributed by atoms with van der Waals surface area (Å²) in [4.78, 5) is 10.1. The van der Waals surface area contributed by atoms with Gasteiger partial charge in [-0.15, -0.1) is 0 Å². The van der Waals surface area contributed by atoms with Gasteiger partial charge in [-0.05, 0) is 19.3 Å². The highest BCUT2D eigenvalue weighted by atomic mass is 31.2. The average molecular weight is 563 g/mol. The lowest BCUT2D eigenvalue weighted by Crippen LogP contribution is -1.97. The second kappa shape index (κ2) is 31.6. The minimum Gasteiger partial charge on any atom is -0.324 e. The third kappa shape index (κ3) is 32.3. The molecule has 0 spiro atoms. The largest absolute Gasteiger partial charge is 0.328 e. The highest BCUT2D eigenvalue weighted by Gasteiger charge is 2.17. The minimum absolute atomic E-state index is 0.153. The fourth-order valence-electron chi connectivity index (χ4n) is 5.27. The number of alkyl halides is 1. The quantitative estimate of drug-likeness (QED) is 0.0639. The maximum Gasteiger partial charge on any atom is 0.328 e. The maximum atomic E-state index is 12.2. The molecule has 0 aromatic carbocycles. The number of hydrogen-bond acceptors (Lipinski definition) is 2. The van der Waals surface area contributed by atoms with Gasteiger partial charge < -0.3 is 9.42 Å². The van der Waals surface area contributed by atoms with Crippen LogP contribution in [0.4, 0.5) is 4.39 Å². The molecule has 230 valence electrons. The summed E-state index contributed by atoms with van der Waals surface area (Å²) in [6.45, 7) is 2.55. The molecule has 0 rings (SSSR count). The Bertz CT molecular complexity index is 489. The molecule has 5 heteroatoms. The Morgan fingerprint density at radius 3 is 1.11 bits per heavy atom. The lowest BCUT2D eigenvalue weighted by molar-refractivity contribution is 0.251. The van der Waals surface area contributed by atoms with E-state index in [-0.39, 0.29) is 6.67 Å². The van der Waals surface area contributed by atoms with E-state index < -0.39 is 7.60 Å². The van der Waals surface area contributed by atoms with Gasteiger partial charge in [0.05, 0.1) is 13.3 Å². The van der Waals surface area contributed by atoms with Crippen LogP contribution in [0.25, 0.3) is 0 Å². The Balaban J connectivity index is 3.27. The number of hydrogen-bond donors (Lipinski definition) is 1. The zero-order valence-electron chi connectivity index (χ0n) is 25.7. The third-order valence-corrected chi connectivity index (χ3v) is 9.33. The van der Waals surface area contributed by atoms with Crippen molar-refractivity contribution in [1.29, 1.82) is 0 Å². The molecule has 0 bridgehead atoms. The van der Waals surface area contributed by atoms with Crippen molar-refractivity contribution in [2.24, 2.45) is 0 Å². The van der Waals surface area contributed by atoms with Crippen molar-refractivity contribution in [2.45, 2.75) is 193 Å². The fourth-order valence-corrected chi connectivity index (χ4v) is 6.44. The number of unbranched alkanes of at least 4 members (excludes halogenated alkanes) is 27. The van der Waals surface area contributed by atoms with Crippen LogP contribution in [0.3, 0.4) is 0 Å². The first kappa shape index (κ1) is 38.1. The Kier molecular flexibility index (Phi) is 31.7. The molecule has 3 nitrogen and oxygen atoms in total. The minimum atomic E-state index is -3.38. The van der Waals surface area contributed by atoms with Gasteiger partial charge in [0.1, 0.15) is 0 Å². The van der Waals surface area contributed by atoms with Crippen LogP contribution in [-0.4, -0.2) is 24.3 Å². The summed E-state index contributed by atoms with van der Waals surface area (Å²) in [7, 11) is -3.38. The van der Waals surface area contributed by atoms with Crippen molar-refractivity contribution in [3.05, 3.63) is 0 Å². The Hall–Kier alpha value is 0.0800. The van der Waals surface area contributed by atoms with E-state index in [4.69, 9.17) is 4.52 Å². The van der Waals surface area contributed by atoms with E-state index in [9.17, 15) is 13.8 Å². The number of halogens is 1. The van der Waals surface area contributed by atoms with Crippen molar-refractivity contribution in [3.63, 3.8) is 0 Å². The lowest BCUT2D eigenvalue weighted by atomic mass is 10.0. The molecule has 0 fully saturated rings. The standard InChI is InChI=1S/C33H68FO3P/c1-2-3-4-5-6-7-8-14-17-20-23-26-29-32-37-38(35,36)33-30-27-24-21-18-15-12-10-9-11-13-16-19-22-25-28-31-34/h2-33H2,1H3,(H,35,36). The molecule has 0 aromatic heterocycles. The van der Waals surface area contributed by atoms with Gasteiger partial charge in [-0.2, -0.15) is 0 Å². The van der Waals surface area contributed by atoms with Crippen LogP contribution in [0, 0.1) is 0 Å². The summed E-state index contributed by atoms with van der Waals surface area (Å²) in [6.07, 6.45) is 36.5. The van der Waals surface area contributed by atoms with Gasteiger partial charge in [0.15, 0.2) is 0 Å². The number of rotatable bonds is 33. The summed E-state index contributed by atoms with van der Waals surface area (Å²) >= 11 is 0. The van der Waals surface area contributed by atoms with Gasteiger partial charge in [-0.1, -0.05) is 174 Å². The van der Waals surface area contributed by atoms with E-state index in [0.717, 1.165) is 38.5 Å². The molecular formula is C33H68FO3P. The van der Waals surface area contributed by atoms with Crippen molar-refractivity contribution in [3.8, 4) is 0 Å². The van der Waals surface area contributed by atoms with Crippen LogP contribution < -0.4 is 0 Å². The average Bonchev–Trinajstić information content (AvgIpc) is 2.90. The van der Waals surface area contributed by atoms with Gasteiger partial charge in [0, 0.05) is 6.16 Å². The third-order valence-electron chi connectivity index (χ3n) is 7.87. The monoisotopic (exact) mass is 562 g/mol. The van der Waals surface area contributed by atoms with Gasteiger partial charge in [0.2, 0.25) is 0 Å². The maximum absolute atomic E-state index is 12.2. The first-order chi connectivity index (χ1) is 18.6. The van der Waals surface area contributed by atoms with Crippen molar-refractivity contribution in [1.82, 2.24) is 0 Å². The van der Waals surface area contributed by atoms with E-state index >= 15 is 0 Å². The zero-order chi connectivity index (χ0) is 27.8. The molecule has 0 amide bonds. The van der Waals surface area contributed by atoms with Gasteiger partial charge >= 0.3 is 7.60 Å². The highest BCUT2D eigenvalue weighted by Crippen LogP contribution is 2.43. The summed E-state index contributed by atoms with van der Waals surface area (Å²) in [5.74, 6) is 0. The van der Waals surface area contributed by atoms with Crippen LogP contribution in [0.1, 0.15) is 193 Å². The lowest BCUT2D eigenvalue weighted by Gasteiger charge is -2.12. The molecule has 1 atom stereocenters. The molecule has 38 heavy (non-hydrogen) atoms. The molecule has 0 aliphatic heterocycles. The van der Waals surface area contributed by atoms with Crippen LogP contribution in [0.5, 0.6) is 0 Å². The normalized spacial score (nSPS) is 13.2. The zero-order valence-corrected chi connectivity index (χ0v) is 26.6. The molecule has 0 saturated heterocycles. The fraction of sp³-hybridized carbons (Fsp3) is 1.00. The van der Waals surface area contributed by atoms with Crippen molar-refractivity contribution in [2.75, 3.05) is 19.4 Å². The predicted octanol–water partition coefficient (Wildman–Crippen LogP) is 12.5. The van der Waals surface area contributed by atoms with Crippen molar-refractivity contribution < 1.29 is 18.4 Å². The SMILES string of the molecule is CCCCCCCCCCCCCCCOP(=O)(O)CCCCCCCCCCCCCCCCCCF. The van der Waals surface area contributed by atoms with Crippen LogP contribution in [0.15, 0.2) is 0 Å². The molecule has 0 aliphatic rings. The summed E-state index contributed by atoms with van der Waals surface area (Å²) in [5, 5.41) is 0. The van der Waals surface area contributed by atoms with Crippen LogP contribution in [-0.2, 0) is 9.09 Å². The topological polar surface area (TPSA) is 46.5 Å². The van der Waals surface area contributed by atoms with E-state index in [0.29, 0.717) is 12.8 Å². The van der Waals surface area contributed by atoms with E-state index in [1.165, 1.54) is 148 Å². The van der Waals surface area contributed by atoms with Crippen molar-refractivity contribution >= 4 is 7.60 Å². The molecule has 0 radical (unpaired) electrons. The van der Waals surface area contributed by atoms with Crippen LogP contribution >= 0.6 is 7.60 Å². The summed E-state index contributed by atoms with van der Waals surface area (Å²) in [6, 6.07) is 0. The van der Waals surface area contributed by atoms with Crippen LogP contribution in [0.2, 0.25) is 0 Å². The Labute approximate surface area is 238 Å². The molecule has 0 heterocycles. The molecule has 1 N–H and O–H groups in total. The summed E-state index contributed by atoms with van der Waals surface area (Å²) < 4.78 is 29.6. The first-order valence-electron chi connectivity index (χ1n) is 17.1. The molecule has 0 saturated carbocycles. The Morgan fingerprint density at radius 1 is 0.474 bits per heavy atom. The van der Waals surface area contributed by atoms with E-state index in [1.54, 1.807) is 0 Å². The predicted molar refractivity (Wildman–Crippen MR) is 166 cm³/mol. The van der Waals surface area contributed by atoms with Gasteiger partial charge in [-0.3, -0.25) is 8.96 Å².